The molecule has 4 aliphatic heterocycles. The van der Waals surface area contributed by atoms with Crippen LogP contribution in [0.3, 0.4) is 0 Å². The van der Waals surface area contributed by atoms with Gasteiger partial charge in [0, 0.05) is 80.9 Å². The lowest BCUT2D eigenvalue weighted by molar-refractivity contribution is -0.172. The zero-order chi connectivity index (χ0) is 88.3. The van der Waals surface area contributed by atoms with Crippen molar-refractivity contribution in [1.29, 1.82) is 0 Å². The molecule has 8 heterocycles. The van der Waals surface area contributed by atoms with Crippen LogP contribution in [-0.2, 0) is 132 Å². The number of nitrogens with one attached hydrogen (secondary N) is 8. The Balaban J connectivity index is 0.493. The van der Waals surface area contributed by atoms with E-state index in [1.54, 1.807) is 103 Å². The first-order valence-corrected chi connectivity index (χ1v) is 41.1. The quantitative estimate of drug-likeness (QED) is 0.0148. The normalized spacial score (nSPS) is 18.7. The summed E-state index contributed by atoms with van der Waals surface area (Å²) < 4.78 is 91.3. The molecule has 648 valence electrons. The van der Waals surface area contributed by atoms with Crippen LogP contribution in [0.5, 0.6) is 0 Å². The van der Waals surface area contributed by atoms with Crippen molar-refractivity contribution in [3.05, 3.63) is 183 Å². The number of amides is 8. The number of rotatable bonds is 26. The van der Waals surface area contributed by atoms with Gasteiger partial charge < -0.3 is 94.9 Å². The Kier molecular flexibility index (Phi) is 24.5. The summed E-state index contributed by atoms with van der Waals surface area (Å²) >= 11 is -2.92. The molecule has 8 amide bonds. The van der Waals surface area contributed by atoms with Gasteiger partial charge in [0.15, 0.2) is 11.2 Å². The lowest BCUT2D eigenvalue weighted by atomic mass is 9.81. The number of esters is 2. The van der Waals surface area contributed by atoms with E-state index in [2.05, 4.69) is 42.5 Å². The van der Waals surface area contributed by atoms with Gasteiger partial charge in [0.05, 0.1) is 70.1 Å². The number of aliphatic hydroxyl groups is 2. The van der Waals surface area contributed by atoms with Gasteiger partial charge in [-0.05, 0) is 159 Å². The van der Waals surface area contributed by atoms with Crippen LogP contribution in [0.15, 0.2) is 82.4 Å². The van der Waals surface area contributed by atoms with E-state index in [0.717, 1.165) is 4.31 Å². The van der Waals surface area contributed by atoms with Crippen LogP contribution in [0.2, 0.25) is 0 Å². The number of carbonyl (C=O) groups excluding carboxylic acids is 10. The number of benzene rings is 4. The smallest absolute Gasteiger partial charge is 0.407 e. The minimum Gasteiger partial charge on any atom is -0.760 e. The first-order chi connectivity index (χ1) is 58.4. The molecule has 0 saturated carbocycles. The highest BCUT2D eigenvalue weighted by molar-refractivity contribution is 7.76. The van der Waals surface area contributed by atoms with Crippen LogP contribution >= 0.6 is 0 Å². The molecule has 38 heteroatoms. The number of ether oxygens (including phenoxy) is 6. The molecule has 10 N–H and O–H groups in total. The predicted octanol–water partition coefficient (Wildman–Crippen LogP) is 6.99. The van der Waals surface area contributed by atoms with E-state index in [4.69, 9.17) is 38.4 Å². The SMILES string of the molecule is CC[C@@]1(O)C(=O)OCc2c1cc1n(c2=O)Cc2c-1nc1cc(F)c(C)c3c1c2[C@@H](NC(=O)OCc1ccc(NC(=O)[C@H](C)NC(=O)[C@@H](NC(=O)OCCN(CCOC(=O)N[C@H](C(=O)N[C@@H](C)C(=O)Nc2ccc(COC(=O)N[C@H]4CCc5c(C)c(F)cc6nc7c(c4c56)Cn4c-7cc5c(c4=O)COC(=O)[C@@]5(C)O)cc2)C(C)C)S(=O)[O-])C(C)C)cc1)CC3. The first kappa shape index (κ1) is 86.7. The lowest BCUT2D eigenvalue weighted by Gasteiger charge is -2.31. The Morgan fingerprint density at radius 2 is 0.976 bits per heavy atom. The fourth-order valence-corrected chi connectivity index (χ4v) is 17.0. The predicted molar refractivity (Wildman–Crippen MR) is 435 cm³/mol. The molecule has 0 radical (unpaired) electrons. The summed E-state index contributed by atoms with van der Waals surface area (Å²) in [7, 11) is 0. The molecule has 2 aliphatic carbocycles. The van der Waals surface area contributed by atoms with Gasteiger partial charge in [-0.3, -0.25) is 33.0 Å². The number of cyclic esters (lactones) is 2. The van der Waals surface area contributed by atoms with Gasteiger partial charge >= 0.3 is 36.3 Å². The van der Waals surface area contributed by atoms with Crippen LogP contribution in [0.4, 0.5) is 39.3 Å². The standard InChI is InChI=1S/C85H91F2N13O22S/c1-11-85(114)55-29-63-71-51(33-100(63)77(106)53(55)37-120-79(85)108)67-59(23-21-49-41(7)57(87)31-61(93-71)65(49)67)95-81(110)122-35-45-14-18-47(19-15-45)91-73(102)43(9)89-75(104)69(39(4)5)97-83(112)118-27-25-98(123(115)116)24-26-117-82(111)96-68(38(2)3)74(103)88-42(8)72(101)90-46-16-12-44(13-17-46)34-121-80(109)94-58-22-20-48-40(6)56(86)30-60-64(48)66(58)50-32-99-62(70(50)92-60)28-54-52(76(99)105)36-119-78(107)84(54,10)113/h12-19,28-31,38-39,42-43,58-59,68-69,113-114H,11,20-27,32-37H2,1-10H3,(H,88,103)(H,89,104)(H,90,101)(H,91,102)(H,94,109)(H,95,110)(H,96,111)(H,97,112)(H,115,116)/p-1/t42-,43-,58-,59-,68-,69-,84-,85-/m0/s1. The molecule has 0 bridgehead atoms. The molecule has 4 aromatic heterocycles. The van der Waals surface area contributed by atoms with Gasteiger partial charge in [-0.15, -0.1) is 0 Å². The average molecular weight is 1720 g/mol. The van der Waals surface area contributed by atoms with Crippen LogP contribution in [0, 0.1) is 37.3 Å². The molecular formula is C85H90F2N13O22S-. The molecule has 14 rings (SSSR count). The number of nitrogens with zero attached hydrogens (tertiary/aromatic N) is 5. The van der Waals surface area contributed by atoms with Crippen molar-refractivity contribution >= 4 is 104 Å². The Hall–Kier alpha value is -12.7. The Morgan fingerprint density at radius 1 is 0.569 bits per heavy atom. The maximum absolute atomic E-state index is 15.5. The highest BCUT2D eigenvalue weighted by atomic mass is 32.2. The van der Waals surface area contributed by atoms with Crippen molar-refractivity contribution in [1.82, 2.24) is 55.3 Å². The molecule has 1 unspecified atom stereocenters. The third kappa shape index (κ3) is 17.0. The Morgan fingerprint density at radius 3 is 1.38 bits per heavy atom. The number of alkyl carbamates (subject to hydrolysis) is 4. The molecule has 123 heavy (non-hydrogen) atoms. The van der Waals surface area contributed by atoms with Crippen LogP contribution in [-0.4, -0.2) is 153 Å². The van der Waals surface area contributed by atoms with E-state index in [1.807, 2.05) is 0 Å². The van der Waals surface area contributed by atoms with Crippen molar-refractivity contribution in [2.45, 2.75) is 188 Å². The van der Waals surface area contributed by atoms with Crippen molar-refractivity contribution in [2.24, 2.45) is 11.8 Å². The van der Waals surface area contributed by atoms with E-state index >= 15 is 8.78 Å². The summed E-state index contributed by atoms with van der Waals surface area (Å²) in [6.45, 7) is 12.6. The molecule has 6 aliphatic rings. The summed E-state index contributed by atoms with van der Waals surface area (Å²) in [4.78, 5) is 170. The fraction of sp³-hybridized carbons (Fsp3) is 0.412. The topological polar surface area (TPSA) is 476 Å². The van der Waals surface area contributed by atoms with Gasteiger partial charge in [0.2, 0.25) is 23.6 Å². The maximum Gasteiger partial charge on any atom is 0.407 e. The summed E-state index contributed by atoms with van der Waals surface area (Å²) in [5.74, 6) is -6.64. The van der Waals surface area contributed by atoms with Crippen LogP contribution in [0.25, 0.3) is 44.6 Å². The minimum atomic E-state index is -2.92. The third-order valence-electron chi connectivity index (χ3n) is 23.5. The molecule has 0 saturated heterocycles. The van der Waals surface area contributed by atoms with Crippen LogP contribution < -0.4 is 53.7 Å². The number of carbonyl (C=O) groups is 10. The molecule has 9 atom stereocenters. The summed E-state index contributed by atoms with van der Waals surface area (Å²) in [6, 6.07) is 12.2. The van der Waals surface area contributed by atoms with Crippen molar-refractivity contribution < 1.29 is 104 Å². The largest absolute Gasteiger partial charge is 0.760 e. The number of pyridine rings is 4. The van der Waals surface area contributed by atoms with Gasteiger partial charge in [0.1, 0.15) is 75.4 Å². The van der Waals surface area contributed by atoms with Crippen molar-refractivity contribution in [3.63, 3.8) is 0 Å². The second-order valence-corrected chi connectivity index (χ2v) is 33.0. The summed E-state index contributed by atoms with van der Waals surface area (Å²) in [6.07, 6.45) is -2.39. The zero-order valence-corrected chi connectivity index (χ0v) is 69.4. The number of fused-ring (bicyclic) bond motifs is 10. The van der Waals surface area contributed by atoms with Gasteiger partial charge in [0.25, 0.3) is 11.1 Å². The third-order valence-corrected chi connectivity index (χ3v) is 24.2. The van der Waals surface area contributed by atoms with E-state index in [0.29, 0.717) is 137 Å². The number of halogens is 2. The molecule has 0 spiro atoms. The minimum absolute atomic E-state index is 0.0333. The van der Waals surface area contributed by atoms with E-state index in [1.165, 1.54) is 48.1 Å². The van der Waals surface area contributed by atoms with Gasteiger partial charge in [-0.1, -0.05) is 58.9 Å². The Labute approximate surface area is 703 Å². The molecule has 35 nitrogen and oxygen atoms in total. The van der Waals surface area contributed by atoms with Gasteiger partial charge in [-0.25, -0.2) is 51.8 Å². The highest BCUT2D eigenvalue weighted by Crippen LogP contribution is 2.49. The first-order valence-electron chi connectivity index (χ1n) is 40.1. The number of aromatic nitrogens is 4. The lowest BCUT2D eigenvalue weighted by Crippen LogP contribution is -2.54. The van der Waals surface area contributed by atoms with Gasteiger partial charge in [-0.2, -0.15) is 0 Å². The molecular weight excluding hydrogens is 1630 g/mol. The molecule has 4 aromatic carbocycles. The maximum atomic E-state index is 15.5. The fourth-order valence-electron chi connectivity index (χ4n) is 16.6. The second-order valence-electron chi connectivity index (χ2n) is 32.1. The number of hydrogen-bond donors (Lipinski definition) is 10. The number of aryl methyl sites for hydroxylation is 2. The average Bonchev–Trinajstić information content (AvgIpc) is 1.58. The molecule has 8 aromatic rings. The zero-order valence-electron chi connectivity index (χ0n) is 68.6. The van der Waals surface area contributed by atoms with E-state index in [9.17, 15) is 76.5 Å². The Bertz CT molecular complexity index is 5900. The van der Waals surface area contributed by atoms with Crippen molar-refractivity contribution in [2.75, 3.05) is 36.9 Å². The summed E-state index contributed by atoms with van der Waals surface area (Å²) in [5.41, 5.74) is 3.60. The second kappa shape index (κ2) is 34.7. The summed E-state index contributed by atoms with van der Waals surface area (Å²) in [5, 5.41) is 45.1. The monoisotopic (exact) mass is 1710 g/mol. The van der Waals surface area contributed by atoms with Crippen LogP contribution in [0.1, 0.15) is 165 Å². The van der Waals surface area contributed by atoms with E-state index in [-0.39, 0.29) is 68.2 Å². The van der Waals surface area contributed by atoms with E-state index < -0.39 is 180 Å². The number of anilines is 2. The molecule has 0 fully saturated rings. The highest BCUT2D eigenvalue weighted by Gasteiger charge is 2.48. The number of hydrogen-bond acceptors (Lipinski definition) is 24. The van der Waals surface area contributed by atoms with Crippen molar-refractivity contribution in [3.8, 4) is 22.8 Å².